The van der Waals surface area contributed by atoms with Gasteiger partial charge in [0.2, 0.25) is 0 Å². The smallest absolute Gasteiger partial charge is 0.338 e. The highest BCUT2D eigenvalue weighted by atomic mass is 32.1. The van der Waals surface area contributed by atoms with E-state index in [1.165, 1.54) is 6.07 Å². The van der Waals surface area contributed by atoms with E-state index in [1.807, 2.05) is 0 Å². The summed E-state index contributed by atoms with van der Waals surface area (Å²) in [6.07, 6.45) is 0. The Morgan fingerprint density at radius 2 is 2.09 bits per heavy atom. The fourth-order valence-corrected chi connectivity index (χ4v) is 2.51. The Labute approximate surface area is 132 Å². The van der Waals surface area contributed by atoms with Crippen molar-refractivity contribution in [2.45, 2.75) is 19.9 Å². The molecule has 1 heterocycles. The summed E-state index contributed by atoms with van der Waals surface area (Å²) in [4.78, 5) is 13.9. The summed E-state index contributed by atoms with van der Waals surface area (Å²) in [6, 6.07) is 2.80. The third-order valence-corrected chi connectivity index (χ3v) is 3.92. The van der Waals surface area contributed by atoms with Crippen LogP contribution in [0.15, 0.2) is 29.5 Å². The number of nitrogens with one attached hydrogen (secondary N) is 1. The van der Waals surface area contributed by atoms with Crippen LogP contribution in [-0.4, -0.2) is 29.6 Å². The fraction of sp³-hybridized carbons (Fsp3) is 0.333. The topological polar surface area (TPSA) is 41.6 Å². The molecule has 1 aromatic rings. The van der Waals surface area contributed by atoms with E-state index in [1.54, 1.807) is 25.8 Å². The van der Waals surface area contributed by atoms with Gasteiger partial charge in [0.1, 0.15) is 0 Å². The normalized spacial score (nSPS) is 18.3. The van der Waals surface area contributed by atoms with Gasteiger partial charge in [0.15, 0.2) is 16.7 Å². The highest BCUT2D eigenvalue weighted by Crippen LogP contribution is 2.31. The summed E-state index contributed by atoms with van der Waals surface area (Å²) in [5, 5.41) is 3.35. The largest absolute Gasteiger partial charge is 0.463 e. The van der Waals surface area contributed by atoms with Crippen molar-refractivity contribution < 1.29 is 18.3 Å². The molecule has 0 unspecified atom stereocenters. The Balaban J connectivity index is 2.53. The van der Waals surface area contributed by atoms with Gasteiger partial charge in [0.25, 0.3) is 0 Å². The van der Waals surface area contributed by atoms with Gasteiger partial charge < -0.3 is 15.0 Å². The van der Waals surface area contributed by atoms with E-state index in [9.17, 15) is 13.6 Å². The Kier molecular flexibility index (Phi) is 4.75. The number of thiocarbonyl (C=S) groups is 1. The molecule has 0 radical (unpaired) electrons. The minimum absolute atomic E-state index is 0.217. The first-order chi connectivity index (χ1) is 10.4. The number of hydrogen-bond acceptors (Lipinski definition) is 3. The van der Waals surface area contributed by atoms with Crippen LogP contribution in [-0.2, 0) is 9.53 Å². The van der Waals surface area contributed by atoms with Gasteiger partial charge in [-0.2, -0.15) is 0 Å². The fourth-order valence-electron chi connectivity index (χ4n) is 2.25. The molecular formula is C15H16F2N2O2S. The average molecular weight is 326 g/mol. The third-order valence-electron chi connectivity index (χ3n) is 3.53. The number of carbonyl (C=O) groups is 1. The van der Waals surface area contributed by atoms with E-state index in [2.05, 4.69) is 5.32 Å². The number of carbonyl (C=O) groups excluding carboxylic acids is 1. The lowest BCUT2D eigenvalue weighted by molar-refractivity contribution is -0.139. The molecule has 0 amide bonds. The number of halogens is 2. The van der Waals surface area contributed by atoms with Crippen molar-refractivity contribution in [1.29, 1.82) is 0 Å². The molecule has 7 heteroatoms. The number of ether oxygens (including phenoxy) is 1. The van der Waals surface area contributed by atoms with Crippen LogP contribution in [0.3, 0.4) is 0 Å². The minimum atomic E-state index is -0.981. The van der Waals surface area contributed by atoms with Gasteiger partial charge in [0, 0.05) is 12.7 Å². The number of allylic oxidation sites excluding steroid dienone is 1. The lowest BCUT2D eigenvalue weighted by Gasteiger charge is -2.35. The summed E-state index contributed by atoms with van der Waals surface area (Å²) in [5.41, 5.74) is 1.33. The zero-order valence-corrected chi connectivity index (χ0v) is 13.3. The first kappa shape index (κ1) is 16.4. The molecule has 22 heavy (non-hydrogen) atoms. The van der Waals surface area contributed by atoms with Crippen LogP contribution >= 0.6 is 12.2 Å². The van der Waals surface area contributed by atoms with Crippen LogP contribution in [0.1, 0.15) is 25.5 Å². The van der Waals surface area contributed by atoms with Gasteiger partial charge in [-0.25, -0.2) is 13.6 Å². The SMILES string of the molecule is CCOC(=O)C1=C(C)N(C)C(=S)N[C@@H]1c1ccc(F)c(F)c1. The molecular weight excluding hydrogens is 310 g/mol. The zero-order valence-electron chi connectivity index (χ0n) is 12.4. The Morgan fingerprint density at radius 1 is 1.41 bits per heavy atom. The Bertz CT molecular complexity index is 661. The predicted molar refractivity (Wildman–Crippen MR) is 81.9 cm³/mol. The van der Waals surface area contributed by atoms with E-state index in [0.717, 1.165) is 12.1 Å². The maximum Gasteiger partial charge on any atom is 0.338 e. The Hall–Kier alpha value is -2.02. The lowest BCUT2D eigenvalue weighted by atomic mass is 9.95. The van der Waals surface area contributed by atoms with Crippen molar-refractivity contribution in [3.05, 3.63) is 46.7 Å². The van der Waals surface area contributed by atoms with Crippen LogP contribution in [0.2, 0.25) is 0 Å². The molecule has 1 aliphatic rings. The van der Waals surface area contributed by atoms with Crippen molar-refractivity contribution >= 4 is 23.3 Å². The molecule has 0 aromatic heterocycles. The number of esters is 1. The van der Waals surface area contributed by atoms with Crippen LogP contribution in [0.25, 0.3) is 0 Å². The van der Waals surface area contributed by atoms with Crippen molar-refractivity contribution in [1.82, 2.24) is 10.2 Å². The summed E-state index contributed by atoms with van der Waals surface area (Å²) in [6.45, 7) is 3.64. The maximum atomic E-state index is 13.5. The van der Waals surface area contributed by atoms with Crippen LogP contribution in [0.4, 0.5) is 8.78 Å². The molecule has 1 aliphatic heterocycles. The second-order valence-corrected chi connectivity index (χ2v) is 5.22. The van der Waals surface area contributed by atoms with E-state index in [4.69, 9.17) is 17.0 Å². The summed E-state index contributed by atoms with van der Waals surface area (Å²) in [7, 11) is 1.71. The van der Waals surface area contributed by atoms with E-state index in [0.29, 0.717) is 21.9 Å². The molecule has 1 aromatic carbocycles. The zero-order chi connectivity index (χ0) is 16.4. The number of nitrogens with zero attached hydrogens (tertiary/aromatic N) is 1. The highest BCUT2D eigenvalue weighted by Gasteiger charge is 2.33. The third kappa shape index (κ3) is 2.94. The Morgan fingerprint density at radius 3 is 2.68 bits per heavy atom. The second kappa shape index (κ2) is 6.39. The van der Waals surface area contributed by atoms with Gasteiger partial charge in [0.05, 0.1) is 18.2 Å². The van der Waals surface area contributed by atoms with Crippen molar-refractivity contribution in [3.63, 3.8) is 0 Å². The molecule has 0 saturated carbocycles. The molecule has 0 fully saturated rings. The van der Waals surface area contributed by atoms with Gasteiger partial charge in [-0.3, -0.25) is 0 Å². The molecule has 1 atom stereocenters. The van der Waals surface area contributed by atoms with Crippen molar-refractivity contribution in [2.75, 3.05) is 13.7 Å². The summed E-state index contributed by atoms with van der Waals surface area (Å²) < 4.78 is 31.7. The van der Waals surface area contributed by atoms with Gasteiger partial charge in [-0.05, 0) is 43.8 Å². The van der Waals surface area contributed by atoms with Gasteiger partial charge in [-0.15, -0.1) is 0 Å². The number of hydrogen-bond donors (Lipinski definition) is 1. The van der Waals surface area contributed by atoms with E-state index < -0.39 is 23.6 Å². The van der Waals surface area contributed by atoms with Crippen LogP contribution in [0.5, 0.6) is 0 Å². The lowest BCUT2D eigenvalue weighted by Crippen LogP contribution is -2.46. The van der Waals surface area contributed by atoms with Gasteiger partial charge in [-0.1, -0.05) is 6.07 Å². The van der Waals surface area contributed by atoms with Crippen molar-refractivity contribution in [3.8, 4) is 0 Å². The summed E-state index contributed by atoms with van der Waals surface area (Å²) >= 11 is 5.21. The predicted octanol–water partition coefficient (Wildman–Crippen LogP) is 2.66. The molecule has 118 valence electrons. The number of rotatable bonds is 3. The minimum Gasteiger partial charge on any atom is -0.463 e. The monoisotopic (exact) mass is 326 g/mol. The molecule has 2 rings (SSSR count). The first-order valence-corrected chi connectivity index (χ1v) is 7.14. The molecule has 0 saturated heterocycles. The molecule has 1 N–H and O–H groups in total. The second-order valence-electron chi connectivity index (χ2n) is 4.83. The maximum absolute atomic E-state index is 13.5. The highest BCUT2D eigenvalue weighted by molar-refractivity contribution is 7.80. The molecule has 0 bridgehead atoms. The summed E-state index contributed by atoms with van der Waals surface area (Å²) in [5.74, 6) is -2.45. The van der Waals surface area contributed by atoms with Gasteiger partial charge >= 0.3 is 5.97 Å². The quantitative estimate of drug-likeness (QED) is 0.683. The average Bonchev–Trinajstić information content (AvgIpc) is 2.47. The van der Waals surface area contributed by atoms with Crippen molar-refractivity contribution in [2.24, 2.45) is 0 Å². The van der Waals surface area contributed by atoms with E-state index in [-0.39, 0.29) is 6.61 Å². The molecule has 0 spiro atoms. The molecule has 4 nitrogen and oxygen atoms in total. The standard InChI is InChI=1S/C15H16F2N2O2S/c1-4-21-14(20)12-8(2)19(3)15(22)18-13(12)9-5-6-10(16)11(17)7-9/h5-7,13H,4H2,1-3H3,(H,18,22)/t13-/m1/s1. The number of benzene rings is 1. The van der Waals surface area contributed by atoms with E-state index >= 15 is 0 Å². The molecule has 0 aliphatic carbocycles. The van der Waals surface area contributed by atoms with Crippen LogP contribution in [0, 0.1) is 11.6 Å². The van der Waals surface area contributed by atoms with Crippen LogP contribution < -0.4 is 5.32 Å². The first-order valence-electron chi connectivity index (χ1n) is 6.73.